The Bertz CT molecular complexity index is 870. The van der Waals surface area contributed by atoms with Crippen molar-refractivity contribution in [3.05, 3.63) is 53.8 Å². The first-order valence-corrected chi connectivity index (χ1v) is 10.1. The lowest BCUT2D eigenvalue weighted by atomic mass is 9.99. The summed E-state index contributed by atoms with van der Waals surface area (Å²) >= 11 is 1.65. The molecule has 1 aromatic carbocycles. The molecule has 4 rings (SSSR count). The minimum absolute atomic E-state index is 0.236. The van der Waals surface area contributed by atoms with Gasteiger partial charge in [-0.1, -0.05) is 30.3 Å². The van der Waals surface area contributed by atoms with Crippen LogP contribution in [0.25, 0.3) is 10.6 Å². The maximum atomic E-state index is 9.43. The normalized spacial score (nSPS) is 17.1. The van der Waals surface area contributed by atoms with E-state index >= 15 is 0 Å². The monoisotopic (exact) mass is 381 g/mol. The van der Waals surface area contributed by atoms with Crippen LogP contribution >= 0.6 is 11.3 Å². The molecule has 0 saturated carbocycles. The molecule has 1 saturated heterocycles. The van der Waals surface area contributed by atoms with E-state index in [1.807, 2.05) is 24.3 Å². The minimum atomic E-state index is 0.236. The van der Waals surface area contributed by atoms with Gasteiger partial charge in [0.25, 0.3) is 0 Å². The molecule has 7 heteroatoms. The molecule has 140 valence electrons. The number of thiazole rings is 1. The van der Waals surface area contributed by atoms with Crippen LogP contribution in [-0.4, -0.2) is 39.8 Å². The van der Waals surface area contributed by atoms with Gasteiger partial charge in [-0.25, -0.2) is 15.0 Å². The lowest BCUT2D eigenvalue weighted by molar-refractivity contribution is 0.208. The second-order valence-electron chi connectivity index (χ2n) is 6.76. The number of piperidine rings is 1. The maximum Gasteiger partial charge on any atom is 0.134 e. The molecule has 1 atom stereocenters. The van der Waals surface area contributed by atoms with E-state index in [1.165, 1.54) is 0 Å². The van der Waals surface area contributed by atoms with Crippen LogP contribution in [0.2, 0.25) is 0 Å². The first-order chi connectivity index (χ1) is 13.3. The molecule has 27 heavy (non-hydrogen) atoms. The third-order valence-corrected chi connectivity index (χ3v) is 5.72. The van der Waals surface area contributed by atoms with Gasteiger partial charge in [0.15, 0.2) is 0 Å². The molecular formula is C20H23N5OS. The fraction of sp³-hybridized carbons (Fsp3) is 0.350. The topological polar surface area (TPSA) is 74.2 Å². The number of aliphatic hydroxyl groups excluding tert-OH is 1. The van der Waals surface area contributed by atoms with E-state index in [9.17, 15) is 5.11 Å². The van der Waals surface area contributed by atoms with Crippen molar-refractivity contribution in [2.75, 3.05) is 29.9 Å². The third kappa shape index (κ3) is 4.43. The Hall–Kier alpha value is -2.51. The van der Waals surface area contributed by atoms with Crippen LogP contribution in [0, 0.1) is 5.92 Å². The molecule has 3 aromatic rings. The summed E-state index contributed by atoms with van der Waals surface area (Å²) in [6.45, 7) is 2.68. The third-order valence-electron chi connectivity index (χ3n) is 4.78. The molecule has 2 N–H and O–H groups in total. The fourth-order valence-corrected chi connectivity index (χ4v) is 4.15. The highest BCUT2D eigenvalue weighted by molar-refractivity contribution is 7.13. The van der Waals surface area contributed by atoms with Gasteiger partial charge in [0.2, 0.25) is 0 Å². The summed E-state index contributed by atoms with van der Waals surface area (Å²) in [5.41, 5.74) is 2.14. The number of nitrogens with one attached hydrogen (secondary N) is 1. The van der Waals surface area contributed by atoms with Crippen LogP contribution in [0.4, 0.5) is 11.6 Å². The van der Waals surface area contributed by atoms with Crippen molar-refractivity contribution in [3.63, 3.8) is 0 Å². The molecule has 0 amide bonds. The number of hydrogen-bond donors (Lipinski definition) is 2. The van der Waals surface area contributed by atoms with Gasteiger partial charge >= 0.3 is 0 Å². The van der Waals surface area contributed by atoms with Crippen LogP contribution in [0.3, 0.4) is 0 Å². The molecule has 1 aliphatic heterocycles. The predicted molar refractivity (Wildman–Crippen MR) is 109 cm³/mol. The zero-order valence-corrected chi connectivity index (χ0v) is 15.9. The summed E-state index contributed by atoms with van der Waals surface area (Å²) < 4.78 is 0. The first-order valence-electron chi connectivity index (χ1n) is 9.23. The van der Waals surface area contributed by atoms with Crippen molar-refractivity contribution in [1.29, 1.82) is 0 Å². The van der Waals surface area contributed by atoms with Crippen LogP contribution in [0.15, 0.2) is 48.1 Å². The van der Waals surface area contributed by atoms with E-state index in [0.717, 1.165) is 53.8 Å². The molecule has 1 fully saturated rings. The minimum Gasteiger partial charge on any atom is -0.396 e. The molecule has 0 spiro atoms. The Morgan fingerprint density at radius 3 is 2.96 bits per heavy atom. The Labute approximate surface area is 162 Å². The van der Waals surface area contributed by atoms with Crippen molar-refractivity contribution in [3.8, 4) is 10.6 Å². The summed E-state index contributed by atoms with van der Waals surface area (Å²) in [5, 5.41) is 15.9. The first kappa shape index (κ1) is 17.9. The van der Waals surface area contributed by atoms with Crippen molar-refractivity contribution in [1.82, 2.24) is 15.0 Å². The van der Waals surface area contributed by atoms with Gasteiger partial charge in [0.05, 0.1) is 12.2 Å². The molecule has 0 radical (unpaired) electrons. The highest BCUT2D eigenvalue weighted by atomic mass is 32.1. The molecule has 0 bridgehead atoms. The number of aromatic nitrogens is 3. The quantitative estimate of drug-likeness (QED) is 0.682. The van der Waals surface area contributed by atoms with Gasteiger partial charge in [-0.05, 0) is 18.8 Å². The van der Waals surface area contributed by atoms with Gasteiger partial charge in [0, 0.05) is 36.7 Å². The van der Waals surface area contributed by atoms with Crippen molar-refractivity contribution in [2.24, 2.45) is 5.92 Å². The Kier molecular flexibility index (Phi) is 5.60. The van der Waals surface area contributed by atoms with E-state index < -0.39 is 0 Å². The van der Waals surface area contributed by atoms with Gasteiger partial charge in [0.1, 0.15) is 23.0 Å². The number of aliphatic hydroxyl groups is 1. The summed E-state index contributed by atoms with van der Waals surface area (Å²) in [5.74, 6) is 2.03. The maximum absolute atomic E-state index is 9.43. The highest BCUT2D eigenvalue weighted by Crippen LogP contribution is 2.25. The average molecular weight is 382 g/mol. The number of benzene rings is 1. The smallest absolute Gasteiger partial charge is 0.134 e. The van der Waals surface area contributed by atoms with E-state index in [4.69, 9.17) is 4.98 Å². The zero-order valence-electron chi connectivity index (χ0n) is 15.1. The standard InChI is InChI=1S/C20H23N5OS/c26-12-15-5-4-8-25(11-15)19-9-18(22-14-23-19)21-10-17-13-27-20(24-17)16-6-2-1-3-7-16/h1-3,6-7,9,13-15,26H,4-5,8,10-12H2,(H,21,22,23). The lowest BCUT2D eigenvalue weighted by Crippen LogP contribution is -2.37. The molecule has 6 nitrogen and oxygen atoms in total. The van der Waals surface area contributed by atoms with Crippen LogP contribution in [-0.2, 0) is 6.54 Å². The summed E-state index contributed by atoms with van der Waals surface area (Å²) in [6.07, 6.45) is 3.76. The number of nitrogens with zero attached hydrogens (tertiary/aromatic N) is 4. The van der Waals surface area contributed by atoms with E-state index in [2.05, 4.69) is 37.7 Å². The zero-order chi connectivity index (χ0) is 18.5. The Morgan fingerprint density at radius 2 is 2.11 bits per heavy atom. The molecule has 0 aliphatic carbocycles. The second-order valence-corrected chi connectivity index (χ2v) is 7.62. The van der Waals surface area contributed by atoms with Crippen molar-refractivity contribution in [2.45, 2.75) is 19.4 Å². The molecule has 2 aromatic heterocycles. The lowest BCUT2D eigenvalue weighted by Gasteiger charge is -2.32. The summed E-state index contributed by atoms with van der Waals surface area (Å²) in [7, 11) is 0. The van der Waals surface area contributed by atoms with Gasteiger partial charge in [-0.3, -0.25) is 0 Å². The van der Waals surface area contributed by atoms with Crippen LogP contribution in [0.1, 0.15) is 18.5 Å². The SMILES string of the molecule is OCC1CCCN(c2cc(NCc3csc(-c4ccccc4)n3)ncn2)C1. The molecular weight excluding hydrogens is 358 g/mol. The summed E-state index contributed by atoms with van der Waals surface area (Å²) in [6, 6.07) is 12.2. The van der Waals surface area contributed by atoms with E-state index in [1.54, 1.807) is 17.7 Å². The van der Waals surface area contributed by atoms with Gasteiger partial charge in [-0.2, -0.15) is 0 Å². The largest absolute Gasteiger partial charge is 0.396 e. The van der Waals surface area contributed by atoms with Crippen molar-refractivity contribution >= 4 is 23.0 Å². The van der Waals surface area contributed by atoms with Gasteiger partial charge in [-0.15, -0.1) is 11.3 Å². The number of anilines is 2. The van der Waals surface area contributed by atoms with Gasteiger partial charge < -0.3 is 15.3 Å². The molecule has 1 unspecified atom stereocenters. The second kappa shape index (κ2) is 8.45. The van der Waals surface area contributed by atoms with Crippen LogP contribution < -0.4 is 10.2 Å². The predicted octanol–water partition coefficient (Wildman–Crippen LogP) is 3.42. The van der Waals surface area contributed by atoms with E-state index in [-0.39, 0.29) is 6.61 Å². The summed E-state index contributed by atoms with van der Waals surface area (Å²) in [4.78, 5) is 15.7. The Balaban J connectivity index is 1.40. The fourth-order valence-electron chi connectivity index (χ4n) is 3.32. The average Bonchev–Trinajstić information content (AvgIpc) is 3.22. The Morgan fingerprint density at radius 1 is 1.22 bits per heavy atom. The number of rotatable bonds is 6. The van der Waals surface area contributed by atoms with Crippen molar-refractivity contribution < 1.29 is 5.11 Å². The van der Waals surface area contributed by atoms with Crippen LogP contribution in [0.5, 0.6) is 0 Å². The molecule has 3 heterocycles. The molecule has 1 aliphatic rings. The van der Waals surface area contributed by atoms with E-state index in [0.29, 0.717) is 12.5 Å². The highest BCUT2D eigenvalue weighted by Gasteiger charge is 2.20. The number of hydrogen-bond acceptors (Lipinski definition) is 7.